The van der Waals surface area contributed by atoms with Gasteiger partial charge in [0.25, 0.3) is 0 Å². The van der Waals surface area contributed by atoms with Crippen molar-refractivity contribution in [3.8, 4) is 0 Å². The fourth-order valence-electron chi connectivity index (χ4n) is 1.87. The van der Waals surface area contributed by atoms with Gasteiger partial charge < -0.3 is 5.32 Å². The van der Waals surface area contributed by atoms with Crippen LogP contribution in [-0.4, -0.2) is 22.0 Å². The number of benzene rings is 1. The van der Waals surface area contributed by atoms with Crippen molar-refractivity contribution in [1.82, 2.24) is 10.0 Å². The SMILES string of the molecule is CNCc1cc(Br)cc(S(=O)(=O)NCC2(C)CC2)c1F. The Labute approximate surface area is 127 Å². The molecular formula is C13H18BrFN2O2S. The standard InChI is InChI=1S/C13H18BrFN2O2S/c1-13(3-4-13)8-17-20(18,19)11-6-10(14)5-9(7-16-2)12(11)15/h5-6,16-17H,3-4,7-8H2,1-2H3. The number of hydrogen-bond acceptors (Lipinski definition) is 3. The topological polar surface area (TPSA) is 58.2 Å². The van der Waals surface area contributed by atoms with Gasteiger partial charge in [-0.2, -0.15) is 0 Å². The van der Waals surface area contributed by atoms with Crippen molar-refractivity contribution in [1.29, 1.82) is 0 Å². The molecule has 2 rings (SSSR count). The second kappa shape index (κ2) is 5.71. The van der Waals surface area contributed by atoms with Crippen LogP contribution in [0.4, 0.5) is 4.39 Å². The molecule has 1 aromatic carbocycles. The van der Waals surface area contributed by atoms with Crippen LogP contribution in [0.1, 0.15) is 25.3 Å². The number of hydrogen-bond donors (Lipinski definition) is 2. The summed E-state index contributed by atoms with van der Waals surface area (Å²) >= 11 is 3.23. The molecule has 1 fully saturated rings. The van der Waals surface area contributed by atoms with Gasteiger partial charge in [0, 0.05) is 23.1 Å². The van der Waals surface area contributed by atoms with Crippen LogP contribution in [0.2, 0.25) is 0 Å². The first-order valence-electron chi connectivity index (χ1n) is 6.40. The molecule has 1 aliphatic rings. The molecule has 112 valence electrons. The zero-order valence-corrected chi connectivity index (χ0v) is 13.9. The van der Waals surface area contributed by atoms with Gasteiger partial charge >= 0.3 is 0 Å². The predicted octanol–water partition coefficient (Wildman–Crippen LogP) is 2.39. The normalized spacial score (nSPS) is 17.2. The fourth-order valence-corrected chi connectivity index (χ4v) is 3.87. The van der Waals surface area contributed by atoms with Crippen LogP contribution >= 0.6 is 15.9 Å². The molecule has 0 amide bonds. The van der Waals surface area contributed by atoms with Crippen molar-refractivity contribution in [2.45, 2.75) is 31.2 Å². The van der Waals surface area contributed by atoms with Crippen LogP contribution in [0.3, 0.4) is 0 Å². The lowest BCUT2D eigenvalue weighted by Crippen LogP contribution is -2.30. The van der Waals surface area contributed by atoms with Crippen molar-refractivity contribution >= 4 is 26.0 Å². The highest BCUT2D eigenvalue weighted by Gasteiger charge is 2.38. The van der Waals surface area contributed by atoms with Gasteiger partial charge in [0.15, 0.2) is 0 Å². The number of nitrogens with one attached hydrogen (secondary N) is 2. The van der Waals surface area contributed by atoms with Gasteiger partial charge in [0.1, 0.15) is 10.7 Å². The Hall–Kier alpha value is -0.500. The first-order valence-corrected chi connectivity index (χ1v) is 8.67. The zero-order valence-electron chi connectivity index (χ0n) is 11.5. The molecule has 1 saturated carbocycles. The van der Waals surface area contributed by atoms with E-state index in [-0.39, 0.29) is 16.9 Å². The second-order valence-corrected chi connectivity index (χ2v) is 8.19. The summed E-state index contributed by atoms with van der Waals surface area (Å²) in [6, 6.07) is 2.87. The lowest BCUT2D eigenvalue weighted by atomic mass is 10.2. The molecule has 0 unspecified atom stereocenters. The van der Waals surface area contributed by atoms with Crippen LogP contribution in [0, 0.1) is 11.2 Å². The Kier molecular flexibility index (Phi) is 4.53. The summed E-state index contributed by atoms with van der Waals surface area (Å²) in [6.07, 6.45) is 2.00. The Bertz CT molecular complexity index is 615. The van der Waals surface area contributed by atoms with Gasteiger partial charge in [0.2, 0.25) is 10.0 Å². The van der Waals surface area contributed by atoms with Crippen LogP contribution in [0.5, 0.6) is 0 Å². The summed E-state index contributed by atoms with van der Waals surface area (Å²) in [5, 5.41) is 2.82. The maximum atomic E-state index is 14.3. The molecule has 20 heavy (non-hydrogen) atoms. The monoisotopic (exact) mass is 364 g/mol. The summed E-state index contributed by atoms with van der Waals surface area (Å²) in [7, 11) is -2.15. The molecular weight excluding hydrogens is 347 g/mol. The second-order valence-electron chi connectivity index (χ2n) is 5.54. The summed E-state index contributed by atoms with van der Waals surface area (Å²) in [5.74, 6) is -0.698. The largest absolute Gasteiger partial charge is 0.316 e. The van der Waals surface area contributed by atoms with Crippen LogP contribution in [-0.2, 0) is 16.6 Å². The predicted molar refractivity (Wildman–Crippen MR) is 79.4 cm³/mol. The minimum atomic E-state index is -3.83. The molecule has 0 aliphatic heterocycles. The Morgan fingerprint density at radius 1 is 1.40 bits per heavy atom. The molecule has 0 bridgehead atoms. The van der Waals surface area contributed by atoms with Crippen molar-refractivity contribution in [2.75, 3.05) is 13.6 Å². The van der Waals surface area contributed by atoms with E-state index in [1.54, 1.807) is 13.1 Å². The average molecular weight is 365 g/mol. The van der Waals surface area contributed by atoms with E-state index in [1.807, 2.05) is 6.92 Å². The van der Waals surface area contributed by atoms with Gasteiger partial charge in [-0.25, -0.2) is 17.5 Å². The molecule has 0 saturated heterocycles. The summed E-state index contributed by atoms with van der Waals surface area (Å²) < 4.78 is 41.8. The quantitative estimate of drug-likeness (QED) is 0.814. The third kappa shape index (κ3) is 3.58. The Morgan fingerprint density at radius 3 is 2.60 bits per heavy atom. The first kappa shape index (κ1) is 15.9. The van der Waals surface area contributed by atoms with Gasteiger partial charge in [-0.1, -0.05) is 22.9 Å². The molecule has 2 N–H and O–H groups in total. The molecule has 0 spiro atoms. The minimum Gasteiger partial charge on any atom is -0.316 e. The van der Waals surface area contributed by atoms with Crippen molar-refractivity contribution in [3.63, 3.8) is 0 Å². The molecule has 4 nitrogen and oxygen atoms in total. The van der Waals surface area contributed by atoms with Crippen LogP contribution in [0.15, 0.2) is 21.5 Å². The van der Waals surface area contributed by atoms with Gasteiger partial charge in [-0.3, -0.25) is 0 Å². The molecule has 0 heterocycles. The maximum absolute atomic E-state index is 14.3. The van der Waals surface area contributed by atoms with E-state index in [0.717, 1.165) is 12.8 Å². The summed E-state index contributed by atoms with van der Waals surface area (Å²) in [4.78, 5) is -0.304. The van der Waals surface area contributed by atoms with E-state index in [0.29, 0.717) is 16.6 Å². The van der Waals surface area contributed by atoms with Crippen molar-refractivity contribution in [2.24, 2.45) is 5.41 Å². The summed E-state index contributed by atoms with van der Waals surface area (Å²) in [6.45, 7) is 2.63. The fraction of sp³-hybridized carbons (Fsp3) is 0.538. The lowest BCUT2D eigenvalue weighted by molar-refractivity contribution is 0.518. The maximum Gasteiger partial charge on any atom is 0.243 e. The van der Waals surface area contributed by atoms with Gasteiger partial charge in [0.05, 0.1) is 0 Å². The third-order valence-corrected chi connectivity index (χ3v) is 5.39. The van der Waals surface area contributed by atoms with E-state index in [9.17, 15) is 12.8 Å². The first-order chi connectivity index (χ1) is 9.27. The highest BCUT2D eigenvalue weighted by Crippen LogP contribution is 2.44. The number of halogens is 2. The van der Waals surface area contributed by atoms with E-state index in [1.165, 1.54) is 6.07 Å². The zero-order chi connectivity index (χ0) is 15.0. The lowest BCUT2D eigenvalue weighted by Gasteiger charge is -2.13. The van der Waals surface area contributed by atoms with E-state index >= 15 is 0 Å². The number of sulfonamides is 1. The molecule has 0 aromatic heterocycles. The van der Waals surface area contributed by atoms with Crippen LogP contribution < -0.4 is 10.0 Å². The van der Waals surface area contributed by atoms with Crippen molar-refractivity contribution < 1.29 is 12.8 Å². The third-order valence-electron chi connectivity index (χ3n) is 3.53. The van der Waals surface area contributed by atoms with Crippen LogP contribution in [0.25, 0.3) is 0 Å². The Morgan fingerprint density at radius 2 is 2.05 bits per heavy atom. The molecule has 7 heteroatoms. The molecule has 0 atom stereocenters. The molecule has 1 aromatic rings. The molecule has 0 radical (unpaired) electrons. The minimum absolute atomic E-state index is 0.0311. The van der Waals surface area contributed by atoms with Gasteiger partial charge in [-0.05, 0) is 37.4 Å². The molecule has 1 aliphatic carbocycles. The average Bonchev–Trinajstić information content (AvgIpc) is 3.10. The van der Waals surface area contributed by atoms with E-state index in [4.69, 9.17) is 0 Å². The van der Waals surface area contributed by atoms with E-state index in [2.05, 4.69) is 26.0 Å². The highest BCUT2D eigenvalue weighted by atomic mass is 79.9. The Balaban J connectivity index is 2.30. The van der Waals surface area contributed by atoms with E-state index < -0.39 is 15.8 Å². The summed E-state index contributed by atoms with van der Waals surface area (Å²) in [5.41, 5.74) is 0.350. The smallest absolute Gasteiger partial charge is 0.243 e. The van der Waals surface area contributed by atoms with Crippen molar-refractivity contribution in [3.05, 3.63) is 28.0 Å². The highest BCUT2D eigenvalue weighted by molar-refractivity contribution is 9.10. The van der Waals surface area contributed by atoms with Gasteiger partial charge in [-0.15, -0.1) is 0 Å². The number of rotatable bonds is 6.